The van der Waals surface area contributed by atoms with Gasteiger partial charge in [0.1, 0.15) is 5.75 Å². The summed E-state index contributed by atoms with van der Waals surface area (Å²) in [7, 11) is 1.26. The van der Waals surface area contributed by atoms with Crippen LogP contribution in [-0.2, 0) is 5.41 Å². The Bertz CT molecular complexity index is 849. The molecule has 3 atom stereocenters. The molecule has 1 unspecified atom stereocenters. The first-order valence-electron chi connectivity index (χ1n) is 9.72. The third-order valence-electron chi connectivity index (χ3n) is 6.19. The predicted octanol–water partition coefficient (Wildman–Crippen LogP) is 3.64. The monoisotopic (exact) mass is 422 g/mol. The zero-order valence-electron chi connectivity index (χ0n) is 16.4. The van der Waals surface area contributed by atoms with E-state index in [1.54, 1.807) is 12.1 Å². The molecular weight excluding hydrogens is 397 g/mol. The minimum absolute atomic E-state index is 0.0419. The second-order valence-electron chi connectivity index (χ2n) is 8.07. The molecule has 1 fully saturated rings. The lowest BCUT2D eigenvalue weighted by Crippen LogP contribution is -2.37. The first kappa shape index (κ1) is 20.9. The van der Waals surface area contributed by atoms with Gasteiger partial charge in [-0.3, -0.25) is 0 Å². The van der Waals surface area contributed by atoms with E-state index in [1.165, 1.54) is 28.2 Å². The standard InChI is InChI=1S/C21H25F3O2Si2/c1-12-7-8-21(2,18(9-12)28-27)14-5-3-13(4-6-14)20(25)26-15-10-16(22)19(24)17(23)11-15/h3-6,10-12,18H,7-9,28H2,1-2,27H3/t12?,18-,21+/m1/s1. The molecule has 2 aromatic carbocycles. The summed E-state index contributed by atoms with van der Waals surface area (Å²) in [4.78, 5) is 12.3. The highest BCUT2D eigenvalue weighted by Gasteiger charge is 2.39. The van der Waals surface area contributed by atoms with E-state index in [9.17, 15) is 18.0 Å². The lowest BCUT2D eigenvalue weighted by atomic mass is 9.67. The van der Waals surface area contributed by atoms with Gasteiger partial charge in [0.2, 0.25) is 0 Å². The number of hydrogen-bond donors (Lipinski definition) is 0. The summed E-state index contributed by atoms with van der Waals surface area (Å²) in [5.74, 6) is -4.68. The number of hydrogen-bond acceptors (Lipinski definition) is 2. The second kappa shape index (κ2) is 8.25. The number of carbonyl (C=O) groups is 1. The van der Waals surface area contributed by atoms with Crippen LogP contribution in [0.5, 0.6) is 5.75 Å². The number of carbonyl (C=O) groups excluding carboxylic acids is 1. The van der Waals surface area contributed by atoms with Gasteiger partial charge in [0.15, 0.2) is 17.5 Å². The molecule has 28 heavy (non-hydrogen) atoms. The third-order valence-corrected chi connectivity index (χ3v) is 11.4. The summed E-state index contributed by atoms with van der Waals surface area (Å²) < 4.78 is 44.6. The zero-order valence-corrected chi connectivity index (χ0v) is 19.8. The Morgan fingerprint density at radius 2 is 1.79 bits per heavy atom. The molecule has 7 heteroatoms. The van der Waals surface area contributed by atoms with Crippen molar-refractivity contribution in [1.82, 2.24) is 0 Å². The average Bonchev–Trinajstić information content (AvgIpc) is 2.68. The van der Waals surface area contributed by atoms with Crippen LogP contribution in [0.3, 0.4) is 0 Å². The molecule has 1 saturated carbocycles. The van der Waals surface area contributed by atoms with Gasteiger partial charge in [0.25, 0.3) is 0 Å². The van der Waals surface area contributed by atoms with E-state index in [-0.39, 0.29) is 20.2 Å². The van der Waals surface area contributed by atoms with E-state index in [4.69, 9.17) is 4.74 Å². The van der Waals surface area contributed by atoms with Gasteiger partial charge in [0, 0.05) is 21.2 Å². The van der Waals surface area contributed by atoms with E-state index in [0.29, 0.717) is 17.7 Å². The number of halogens is 3. The van der Waals surface area contributed by atoms with Crippen LogP contribution >= 0.6 is 0 Å². The zero-order chi connectivity index (χ0) is 20.5. The van der Waals surface area contributed by atoms with Crippen LogP contribution in [0, 0.1) is 23.4 Å². The molecule has 0 aromatic heterocycles. The van der Waals surface area contributed by atoms with E-state index < -0.39 is 23.4 Å². The maximum atomic E-state index is 13.3. The molecule has 0 spiro atoms. The number of rotatable bonds is 4. The number of benzene rings is 2. The van der Waals surface area contributed by atoms with E-state index in [2.05, 4.69) is 13.8 Å². The molecule has 3 rings (SSSR count). The molecule has 2 aromatic rings. The molecule has 1 aliphatic carbocycles. The molecule has 0 aliphatic heterocycles. The van der Waals surface area contributed by atoms with Crippen molar-refractivity contribution in [2.24, 2.45) is 5.92 Å². The quantitative estimate of drug-likeness (QED) is 0.325. The van der Waals surface area contributed by atoms with Crippen molar-refractivity contribution in [3.8, 4) is 5.75 Å². The molecule has 1 aliphatic rings. The van der Waals surface area contributed by atoms with Gasteiger partial charge in [-0.05, 0) is 57.2 Å². The largest absolute Gasteiger partial charge is 0.423 e. The molecule has 0 saturated heterocycles. The minimum Gasteiger partial charge on any atom is -0.423 e. The molecule has 150 valence electrons. The van der Waals surface area contributed by atoms with Gasteiger partial charge in [-0.15, -0.1) is 0 Å². The average molecular weight is 423 g/mol. The van der Waals surface area contributed by atoms with E-state index in [0.717, 1.165) is 17.9 Å². The van der Waals surface area contributed by atoms with Crippen LogP contribution in [0.2, 0.25) is 5.54 Å². The summed E-state index contributed by atoms with van der Waals surface area (Å²) in [6.07, 6.45) is 3.66. The van der Waals surface area contributed by atoms with Crippen molar-refractivity contribution >= 4 is 24.8 Å². The van der Waals surface area contributed by atoms with Gasteiger partial charge in [-0.1, -0.05) is 32.4 Å². The highest BCUT2D eigenvalue weighted by molar-refractivity contribution is 6.90. The minimum atomic E-state index is -1.59. The van der Waals surface area contributed by atoms with Crippen molar-refractivity contribution in [3.05, 3.63) is 65.0 Å². The summed E-state index contributed by atoms with van der Waals surface area (Å²) >= 11 is 0. The Kier molecular flexibility index (Phi) is 6.14. The molecule has 0 bridgehead atoms. The van der Waals surface area contributed by atoms with Crippen molar-refractivity contribution < 1.29 is 22.7 Å². The summed E-state index contributed by atoms with van der Waals surface area (Å²) in [5.41, 5.74) is 2.47. The molecule has 2 nitrogen and oxygen atoms in total. The summed E-state index contributed by atoms with van der Waals surface area (Å²) in [5, 5.41) is 0. The van der Waals surface area contributed by atoms with Gasteiger partial charge < -0.3 is 4.74 Å². The van der Waals surface area contributed by atoms with Gasteiger partial charge >= 0.3 is 5.97 Å². The van der Waals surface area contributed by atoms with Crippen LogP contribution in [-0.4, -0.2) is 24.8 Å². The maximum Gasteiger partial charge on any atom is 0.343 e. The van der Waals surface area contributed by atoms with Crippen LogP contribution in [0.1, 0.15) is 49.0 Å². The summed E-state index contributed by atoms with van der Waals surface area (Å²) in [6, 6.07) is 8.66. The first-order valence-corrected chi connectivity index (χ1v) is 16.2. The Morgan fingerprint density at radius 3 is 2.36 bits per heavy atom. The van der Waals surface area contributed by atoms with Crippen LogP contribution in [0.4, 0.5) is 13.2 Å². The normalized spacial score (nSPS) is 25.3. The molecular formula is C21H25F3O2Si2. The van der Waals surface area contributed by atoms with Crippen LogP contribution in [0.15, 0.2) is 36.4 Å². The lowest BCUT2D eigenvalue weighted by molar-refractivity contribution is 0.0733. The Balaban J connectivity index is 1.78. The highest BCUT2D eigenvalue weighted by atomic mass is 29.1. The van der Waals surface area contributed by atoms with Crippen molar-refractivity contribution in [2.75, 3.05) is 0 Å². The van der Waals surface area contributed by atoms with Crippen LogP contribution < -0.4 is 4.74 Å². The Hall–Kier alpha value is -1.87. The fourth-order valence-electron chi connectivity index (χ4n) is 4.36. The highest BCUT2D eigenvalue weighted by Crippen LogP contribution is 2.48. The van der Waals surface area contributed by atoms with Gasteiger partial charge in [0.05, 0.1) is 5.56 Å². The predicted molar refractivity (Wildman–Crippen MR) is 110 cm³/mol. The summed E-state index contributed by atoms with van der Waals surface area (Å²) in [6.45, 7) is 4.67. The van der Waals surface area contributed by atoms with Crippen LogP contribution in [0.25, 0.3) is 0 Å². The SMILES string of the molecule is CC1CC[C@@](C)(c2ccc(C(=O)Oc3cc(F)c(F)c(F)c3)cc2)[C@H]([SiH2][SiH3])C1. The lowest BCUT2D eigenvalue weighted by Gasteiger charge is -2.44. The third kappa shape index (κ3) is 4.10. The molecule has 0 amide bonds. The number of esters is 1. The fraction of sp³-hybridized carbons (Fsp3) is 0.381. The smallest absolute Gasteiger partial charge is 0.343 e. The Morgan fingerprint density at radius 1 is 1.18 bits per heavy atom. The maximum absolute atomic E-state index is 13.3. The van der Waals surface area contributed by atoms with Crippen molar-refractivity contribution in [1.29, 1.82) is 0 Å². The van der Waals surface area contributed by atoms with Gasteiger partial charge in [-0.2, -0.15) is 0 Å². The molecule has 0 heterocycles. The number of ether oxygens (including phenoxy) is 1. The molecule has 0 N–H and O–H groups in total. The van der Waals surface area contributed by atoms with Crippen molar-refractivity contribution in [2.45, 2.75) is 44.1 Å². The van der Waals surface area contributed by atoms with E-state index >= 15 is 0 Å². The van der Waals surface area contributed by atoms with Crippen molar-refractivity contribution in [3.63, 3.8) is 0 Å². The Labute approximate surface area is 168 Å². The van der Waals surface area contributed by atoms with E-state index in [1.807, 2.05) is 12.1 Å². The first-order chi connectivity index (χ1) is 13.2. The topological polar surface area (TPSA) is 26.3 Å². The fourth-order valence-corrected chi connectivity index (χ4v) is 10.3. The molecule has 0 radical (unpaired) electrons. The van der Waals surface area contributed by atoms with Gasteiger partial charge in [-0.25, -0.2) is 18.0 Å². The second-order valence-corrected chi connectivity index (χ2v) is 12.3.